The van der Waals surface area contributed by atoms with Gasteiger partial charge >= 0.3 is 0 Å². The molecule has 0 fully saturated rings. The topological polar surface area (TPSA) is 59.1 Å². The molecule has 1 atom stereocenters. The Morgan fingerprint density at radius 3 is 2.50 bits per heavy atom. The first-order valence-electron chi connectivity index (χ1n) is 5.32. The van der Waals surface area contributed by atoms with Gasteiger partial charge in [0.05, 0.1) is 11.3 Å². The van der Waals surface area contributed by atoms with Crippen LogP contribution in [0.2, 0.25) is 0 Å². The summed E-state index contributed by atoms with van der Waals surface area (Å²) in [6, 6.07) is -0.252. The second kappa shape index (κ2) is 5.25. The number of aromatic nitrogens is 1. The number of sulfonamides is 1. The van der Waals surface area contributed by atoms with Crippen molar-refractivity contribution in [2.24, 2.45) is 0 Å². The number of thiazole rings is 1. The normalized spacial score (nSPS) is 14.3. The summed E-state index contributed by atoms with van der Waals surface area (Å²) in [6.07, 6.45) is 2.74. The van der Waals surface area contributed by atoms with Gasteiger partial charge in [-0.2, -0.15) is 0 Å². The SMILES string of the molecule is CCc1cnc(C(C)NS(=O)(=O)C(C)C)s1. The number of rotatable bonds is 5. The maximum absolute atomic E-state index is 11.7. The second-order valence-corrected chi connectivity index (χ2v) is 7.37. The fourth-order valence-corrected chi connectivity index (χ4v) is 2.93. The molecule has 0 spiro atoms. The Morgan fingerprint density at radius 1 is 1.44 bits per heavy atom. The first kappa shape index (κ1) is 13.6. The molecule has 0 saturated carbocycles. The monoisotopic (exact) mass is 262 g/mol. The van der Waals surface area contributed by atoms with Gasteiger partial charge in [-0.15, -0.1) is 11.3 Å². The molecule has 0 bridgehead atoms. The summed E-state index contributed by atoms with van der Waals surface area (Å²) in [5, 5.41) is 0.404. The van der Waals surface area contributed by atoms with Crippen LogP contribution in [0.3, 0.4) is 0 Å². The van der Waals surface area contributed by atoms with Crippen molar-refractivity contribution in [2.45, 2.75) is 45.4 Å². The van der Waals surface area contributed by atoms with Gasteiger partial charge in [-0.3, -0.25) is 0 Å². The van der Waals surface area contributed by atoms with E-state index in [4.69, 9.17) is 0 Å². The predicted molar refractivity (Wildman–Crippen MR) is 67.1 cm³/mol. The number of nitrogens with zero attached hydrogens (tertiary/aromatic N) is 1. The van der Waals surface area contributed by atoms with Gasteiger partial charge in [0.1, 0.15) is 5.01 Å². The largest absolute Gasteiger partial charge is 0.248 e. The summed E-state index contributed by atoms with van der Waals surface area (Å²) >= 11 is 1.56. The summed E-state index contributed by atoms with van der Waals surface area (Å²) in [5.74, 6) is 0. The lowest BCUT2D eigenvalue weighted by atomic mass is 10.4. The van der Waals surface area contributed by atoms with Crippen LogP contribution >= 0.6 is 11.3 Å². The molecule has 0 saturated heterocycles. The molecule has 0 aliphatic heterocycles. The number of hydrogen-bond donors (Lipinski definition) is 1. The highest BCUT2D eigenvalue weighted by Gasteiger charge is 2.21. The molecule has 1 aromatic rings. The van der Waals surface area contributed by atoms with Crippen molar-refractivity contribution in [3.8, 4) is 0 Å². The second-order valence-electron chi connectivity index (χ2n) is 3.95. The van der Waals surface area contributed by atoms with Crippen molar-refractivity contribution in [1.82, 2.24) is 9.71 Å². The molecule has 4 nitrogen and oxygen atoms in total. The maximum Gasteiger partial charge on any atom is 0.214 e. The third-order valence-corrected chi connectivity index (χ3v) is 5.50. The van der Waals surface area contributed by atoms with Crippen molar-refractivity contribution in [2.75, 3.05) is 0 Å². The van der Waals surface area contributed by atoms with E-state index in [-0.39, 0.29) is 6.04 Å². The van der Waals surface area contributed by atoms with E-state index in [1.54, 1.807) is 31.4 Å². The quantitative estimate of drug-likeness (QED) is 0.884. The molecule has 1 rings (SSSR count). The molecule has 1 heterocycles. The van der Waals surface area contributed by atoms with Crippen LogP contribution in [0.25, 0.3) is 0 Å². The van der Waals surface area contributed by atoms with Crippen molar-refractivity contribution in [1.29, 1.82) is 0 Å². The van der Waals surface area contributed by atoms with Crippen LogP contribution in [0.5, 0.6) is 0 Å². The van der Waals surface area contributed by atoms with E-state index in [0.29, 0.717) is 0 Å². The van der Waals surface area contributed by atoms with Crippen LogP contribution in [-0.4, -0.2) is 18.7 Å². The summed E-state index contributed by atoms with van der Waals surface area (Å²) in [5.41, 5.74) is 0. The molecule has 0 amide bonds. The van der Waals surface area contributed by atoms with E-state index in [1.807, 2.05) is 6.92 Å². The van der Waals surface area contributed by atoms with Gasteiger partial charge in [0.25, 0.3) is 0 Å². The number of nitrogens with one attached hydrogen (secondary N) is 1. The van der Waals surface area contributed by atoms with Crippen molar-refractivity contribution < 1.29 is 8.42 Å². The molecule has 0 radical (unpaired) electrons. The van der Waals surface area contributed by atoms with E-state index in [9.17, 15) is 8.42 Å². The summed E-state index contributed by atoms with van der Waals surface area (Å²) in [4.78, 5) is 5.39. The van der Waals surface area contributed by atoms with E-state index in [1.165, 1.54) is 4.88 Å². The highest BCUT2D eigenvalue weighted by molar-refractivity contribution is 7.90. The zero-order valence-electron chi connectivity index (χ0n) is 10.0. The molecule has 1 N–H and O–H groups in total. The van der Waals surface area contributed by atoms with E-state index in [2.05, 4.69) is 16.6 Å². The Morgan fingerprint density at radius 2 is 2.06 bits per heavy atom. The van der Waals surface area contributed by atoms with Gasteiger partial charge in [0.2, 0.25) is 10.0 Å². The zero-order valence-corrected chi connectivity index (χ0v) is 11.7. The lowest BCUT2D eigenvalue weighted by Gasteiger charge is -2.13. The van der Waals surface area contributed by atoms with Gasteiger partial charge in [0.15, 0.2) is 0 Å². The highest BCUT2D eigenvalue weighted by Crippen LogP contribution is 2.21. The smallest absolute Gasteiger partial charge is 0.214 e. The Labute approximate surface area is 101 Å². The molecule has 1 unspecified atom stereocenters. The van der Waals surface area contributed by atoms with Gasteiger partial charge in [-0.1, -0.05) is 6.92 Å². The molecular formula is C10H18N2O2S2. The maximum atomic E-state index is 11.7. The Hall–Kier alpha value is -0.460. The highest BCUT2D eigenvalue weighted by atomic mass is 32.2. The minimum atomic E-state index is -3.23. The Bertz CT molecular complexity index is 437. The Kier molecular flexibility index (Phi) is 4.46. The van der Waals surface area contributed by atoms with E-state index >= 15 is 0 Å². The number of aryl methyl sites for hydroxylation is 1. The lowest BCUT2D eigenvalue weighted by Crippen LogP contribution is -2.32. The van der Waals surface area contributed by atoms with Crippen LogP contribution in [0.1, 0.15) is 43.6 Å². The fraction of sp³-hybridized carbons (Fsp3) is 0.700. The molecule has 0 aromatic carbocycles. The van der Waals surface area contributed by atoms with E-state index in [0.717, 1.165) is 11.4 Å². The molecule has 0 aliphatic carbocycles. The van der Waals surface area contributed by atoms with E-state index < -0.39 is 15.3 Å². The molecule has 92 valence electrons. The molecule has 0 aliphatic rings. The predicted octanol–water partition coefficient (Wildman–Crippen LogP) is 2.09. The van der Waals surface area contributed by atoms with Crippen molar-refractivity contribution in [3.05, 3.63) is 16.1 Å². The average molecular weight is 262 g/mol. The molecule has 1 aromatic heterocycles. The van der Waals surface area contributed by atoms with Crippen LogP contribution in [0.4, 0.5) is 0 Å². The third-order valence-electron chi connectivity index (χ3n) is 2.25. The summed E-state index contributed by atoms with van der Waals surface area (Å²) in [6.45, 7) is 7.20. The minimum absolute atomic E-state index is 0.252. The number of hydrogen-bond acceptors (Lipinski definition) is 4. The zero-order chi connectivity index (χ0) is 12.3. The summed E-state index contributed by atoms with van der Waals surface area (Å²) < 4.78 is 25.9. The first-order chi connectivity index (χ1) is 7.36. The summed E-state index contributed by atoms with van der Waals surface area (Å²) in [7, 11) is -3.23. The minimum Gasteiger partial charge on any atom is -0.248 e. The third kappa shape index (κ3) is 3.26. The van der Waals surface area contributed by atoms with Gasteiger partial charge in [-0.05, 0) is 27.2 Å². The van der Waals surface area contributed by atoms with Crippen LogP contribution in [0.15, 0.2) is 6.20 Å². The first-order valence-corrected chi connectivity index (χ1v) is 7.68. The van der Waals surface area contributed by atoms with Crippen LogP contribution < -0.4 is 4.72 Å². The van der Waals surface area contributed by atoms with Crippen LogP contribution in [0, 0.1) is 0 Å². The van der Waals surface area contributed by atoms with Crippen molar-refractivity contribution >= 4 is 21.4 Å². The average Bonchev–Trinajstić information content (AvgIpc) is 2.64. The molecule has 16 heavy (non-hydrogen) atoms. The van der Waals surface area contributed by atoms with Gasteiger partial charge in [-0.25, -0.2) is 18.1 Å². The van der Waals surface area contributed by atoms with Gasteiger partial charge < -0.3 is 0 Å². The molecule has 6 heteroatoms. The Balaban J connectivity index is 2.76. The van der Waals surface area contributed by atoms with Crippen molar-refractivity contribution in [3.63, 3.8) is 0 Å². The van der Waals surface area contributed by atoms with Crippen LogP contribution in [-0.2, 0) is 16.4 Å². The molecular weight excluding hydrogens is 244 g/mol. The lowest BCUT2D eigenvalue weighted by molar-refractivity contribution is 0.557. The fourth-order valence-electron chi connectivity index (χ4n) is 1.12. The standard InChI is InChI=1S/C10H18N2O2S2/c1-5-9-6-11-10(15-9)8(4)12-16(13,14)7(2)3/h6-8,12H,5H2,1-4H3. The van der Waals surface area contributed by atoms with Gasteiger partial charge in [0, 0.05) is 11.1 Å².